The van der Waals surface area contributed by atoms with Gasteiger partial charge < -0.3 is 29.3 Å². The van der Waals surface area contributed by atoms with E-state index in [-0.39, 0.29) is 24.4 Å². The number of carbonyl (C=O) groups is 6. The van der Waals surface area contributed by atoms with Gasteiger partial charge in [0.25, 0.3) is 17.7 Å². The lowest BCUT2D eigenvalue weighted by Crippen LogP contribution is -2.57. The minimum absolute atomic E-state index is 0.0703. The van der Waals surface area contributed by atoms with Crippen LogP contribution in [-0.4, -0.2) is 91.7 Å². The summed E-state index contributed by atoms with van der Waals surface area (Å²) in [5.74, 6) is -1.83. The fourth-order valence-electron chi connectivity index (χ4n) is 7.02. The maximum Gasteiger partial charge on any atom is 0.410 e. The number of amides is 5. The van der Waals surface area contributed by atoms with E-state index < -0.39 is 53.7 Å². The molecule has 0 radical (unpaired) electrons. The molecule has 60 heavy (non-hydrogen) atoms. The van der Waals surface area contributed by atoms with E-state index >= 15 is 0 Å². The standard InChI is InChI=1S/C45H51N5O10/c1-27(48(6)44(56)59-45(3,4)5)40(52)46-35-26-50(42(54)30-17-15-29(16-18-30)28(2)51)37-13-9-8-12-36(37)49(43(35)55)25-34-33-21-19-32(24-31(33)20-22-38(34)57-7)41(53)47-60-39-14-10-11-23-58-39/h8-9,12-13,15-22,24,27,35,39H,10-11,14,23,25-26H2,1-7H3,(H,46,52)(H,47,53)/t27-,35-,39?/m0/s1. The largest absolute Gasteiger partial charge is 0.496 e. The number of likely N-dealkylation sites (N-methyl/N-ethyl adjacent to an activating group) is 1. The molecule has 3 atom stereocenters. The molecule has 0 aromatic heterocycles. The molecular weight excluding hydrogens is 771 g/mol. The maximum absolute atomic E-state index is 15.0. The van der Waals surface area contributed by atoms with Gasteiger partial charge in [-0.25, -0.2) is 15.1 Å². The third-order valence-corrected chi connectivity index (χ3v) is 10.4. The van der Waals surface area contributed by atoms with Crippen LogP contribution in [0.25, 0.3) is 10.8 Å². The van der Waals surface area contributed by atoms with Crippen LogP contribution >= 0.6 is 0 Å². The van der Waals surface area contributed by atoms with Crippen molar-refractivity contribution in [3.8, 4) is 5.75 Å². The van der Waals surface area contributed by atoms with Crippen molar-refractivity contribution in [3.63, 3.8) is 0 Å². The number of benzene rings is 4. The molecule has 6 rings (SSSR count). The third kappa shape index (κ3) is 9.75. The van der Waals surface area contributed by atoms with Crippen LogP contribution in [0.15, 0.2) is 78.9 Å². The van der Waals surface area contributed by atoms with Gasteiger partial charge in [0, 0.05) is 42.3 Å². The van der Waals surface area contributed by atoms with Crippen LogP contribution in [0.4, 0.5) is 16.2 Å². The number of hydrogen-bond donors (Lipinski definition) is 2. The van der Waals surface area contributed by atoms with Crippen molar-refractivity contribution in [1.82, 2.24) is 15.7 Å². The number of hydrogen-bond acceptors (Lipinski definition) is 10. The Hall–Kier alpha value is -6.32. The molecule has 5 amide bonds. The summed E-state index contributed by atoms with van der Waals surface area (Å²) in [4.78, 5) is 91.0. The van der Waals surface area contributed by atoms with E-state index in [9.17, 15) is 28.8 Å². The van der Waals surface area contributed by atoms with Gasteiger partial charge in [0.15, 0.2) is 12.1 Å². The summed E-state index contributed by atoms with van der Waals surface area (Å²) in [5, 5.41) is 4.19. The molecule has 1 saturated heterocycles. The third-order valence-electron chi connectivity index (χ3n) is 10.4. The highest BCUT2D eigenvalue weighted by Crippen LogP contribution is 2.38. The lowest BCUT2D eigenvalue weighted by Gasteiger charge is -2.30. The van der Waals surface area contributed by atoms with Crippen LogP contribution in [0.1, 0.15) is 90.5 Å². The van der Waals surface area contributed by atoms with Crippen molar-refractivity contribution in [2.24, 2.45) is 0 Å². The minimum Gasteiger partial charge on any atom is -0.496 e. The number of nitrogens with one attached hydrogen (secondary N) is 2. The smallest absolute Gasteiger partial charge is 0.410 e. The maximum atomic E-state index is 15.0. The van der Waals surface area contributed by atoms with E-state index in [0.29, 0.717) is 57.6 Å². The summed E-state index contributed by atoms with van der Waals surface area (Å²) >= 11 is 0. The van der Waals surface area contributed by atoms with Gasteiger partial charge in [0.1, 0.15) is 23.4 Å². The van der Waals surface area contributed by atoms with Gasteiger partial charge in [0.2, 0.25) is 5.91 Å². The highest BCUT2D eigenvalue weighted by atomic mass is 16.8. The molecule has 1 fully saturated rings. The summed E-state index contributed by atoms with van der Waals surface area (Å²) in [6.45, 7) is 8.30. The molecule has 0 bridgehead atoms. The van der Waals surface area contributed by atoms with E-state index in [2.05, 4.69) is 10.8 Å². The SMILES string of the molecule is COc1ccc2cc(C(=O)NOC3CCCCO3)ccc2c1CN1C(=O)[C@@H](NC(=O)[C@H](C)N(C)C(=O)OC(C)(C)C)CN(C(=O)c2ccc(C(C)=O)cc2)c2ccccc21. The van der Waals surface area contributed by atoms with Gasteiger partial charge in [-0.3, -0.25) is 28.9 Å². The average Bonchev–Trinajstić information content (AvgIpc) is 3.35. The van der Waals surface area contributed by atoms with Crippen molar-refractivity contribution in [1.29, 1.82) is 0 Å². The Labute approximate surface area is 348 Å². The molecule has 2 heterocycles. The molecule has 15 nitrogen and oxygen atoms in total. The quantitative estimate of drug-likeness (QED) is 0.132. The minimum atomic E-state index is -1.30. The first-order chi connectivity index (χ1) is 28.6. The first-order valence-electron chi connectivity index (χ1n) is 19.8. The summed E-state index contributed by atoms with van der Waals surface area (Å²) in [7, 11) is 2.94. The zero-order valence-corrected chi connectivity index (χ0v) is 34.9. The van der Waals surface area contributed by atoms with Crippen molar-refractivity contribution in [2.45, 2.75) is 84.4 Å². The molecule has 0 saturated carbocycles. The van der Waals surface area contributed by atoms with Crippen LogP contribution in [0.3, 0.4) is 0 Å². The number of carbonyl (C=O) groups excluding carboxylic acids is 6. The monoisotopic (exact) mass is 821 g/mol. The zero-order valence-electron chi connectivity index (χ0n) is 34.9. The number of ketones is 1. The van der Waals surface area contributed by atoms with Crippen molar-refractivity contribution >= 4 is 57.7 Å². The normalized spacial score (nSPS) is 17.2. The first kappa shape index (κ1) is 43.3. The number of hydroxylamine groups is 1. The second-order valence-corrected chi connectivity index (χ2v) is 15.8. The molecular formula is C45H51N5O10. The van der Waals surface area contributed by atoms with E-state index in [1.807, 2.05) is 0 Å². The summed E-state index contributed by atoms with van der Waals surface area (Å²) in [6.07, 6.45) is 1.30. The number of rotatable bonds is 11. The molecule has 15 heteroatoms. The second-order valence-electron chi connectivity index (χ2n) is 15.8. The van der Waals surface area contributed by atoms with Crippen molar-refractivity contribution < 1.29 is 47.8 Å². The van der Waals surface area contributed by atoms with Gasteiger partial charge in [-0.2, -0.15) is 0 Å². The lowest BCUT2D eigenvalue weighted by atomic mass is 10.00. The number of fused-ring (bicyclic) bond motifs is 2. The Morgan fingerprint density at radius 3 is 2.25 bits per heavy atom. The van der Waals surface area contributed by atoms with Crippen LogP contribution in [0.2, 0.25) is 0 Å². The fraction of sp³-hybridized carbons (Fsp3) is 0.378. The summed E-state index contributed by atoms with van der Waals surface area (Å²) in [6, 6.07) is 19.4. The molecule has 2 aliphatic heterocycles. The number of nitrogens with zero attached hydrogens (tertiary/aromatic N) is 3. The highest BCUT2D eigenvalue weighted by molar-refractivity contribution is 6.13. The number of Topliss-reactive ketones (excluding diaryl/α,β-unsaturated/α-hetero) is 1. The van der Waals surface area contributed by atoms with Gasteiger partial charge >= 0.3 is 6.09 Å². The van der Waals surface area contributed by atoms with Gasteiger partial charge in [-0.05, 0) is 101 Å². The molecule has 4 aromatic rings. The number of ether oxygens (including phenoxy) is 3. The number of para-hydroxylation sites is 2. The first-order valence-corrected chi connectivity index (χ1v) is 19.8. The van der Waals surface area contributed by atoms with Gasteiger partial charge in [-0.1, -0.05) is 36.4 Å². The van der Waals surface area contributed by atoms with E-state index in [4.69, 9.17) is 19.0 Å². The predicted molar refractivity (Wildman–Crippen MR) is 224 cm³/mol. The molecule has 0 aliphatic carbocycles. The van der Waals surface area contributed by atoms with Gasteiger partial charge in [-0.15, -0.1) is 0 Å². The molecule has 2 aliphatic rings. The second kappa shape index (κ2) is 18.3. The van der Waals surface area contributed by atoms with Crippen LogP contribution in [0, 0.1) is 0 Å². The topological polar surface area (TPSA) is 173 Å². The molecule has 316 valence electrons. The lowest BCUT2D eigenvalue weighted by molar-refractivity contribution is -0.186. The average molecular weight is 822 g/mol. The van der Waals surface area contributed by atoms with E-state index in [1.165, 1.54) is 37.8 Å². The van der Waals surface area contributed by atoms with E-state index in [0.717, 1.165) is 17.7 Å². The van der Waals surface area contributed by atoms with Gasteiger partial charge in [0.05, 0.1) is 31.6 Å². The predicted octanol–water partition coefficient (Wildman–Crippen LogP) is 6.17. The van der Waals surface area contributed by atoms with Crippen LogP contribution < -0.4 is 25.3 Å². The Bertz CT molecular complexity index is 2280. The Kier molecular flexibility index (Phi) is 13.2. The van der Waals surface area contributed by atoms with Crippen LogP contribution in [-0.2, 0) is 30.4 Å². The molecule has 0 spiro atoms. The van der Waals surface area contributed by atoms with Crippen molar-refractivity contribution in [2.75, 3.05) is 37.1 Å². The fourth-order valence-corrected chi connectivity index (χ4v) is 7.02. The summed E-state index contributed by atoms with van der Waals surface area (Å²) in [5.41, 5.74) is 4.06. The Morgan fingerprint density at radius 1 is 0.917 bits per heavy atom. The molecule has 1 unspecified atom stereocenters. The zero-order chi connectivity index (χ0) is 43.3. The molecule has 4 aromatic carbocycles. The summed E-state index contributed by atoms with van der Waals surface area (Å²) < 4.78 is 16.9. The van der Waals surface area contributed by atoms with E-state index in [1.54, 1.807) is 99.6 Å². The Balaban J connectivity index is 1.37. The highest BCUT2D eigenvalue weighted by Gasteiger charge is 2.39. The van der Waals surface area contributed by atoms with Crippen LogP contribution in [0.5, 0.6) is 5.75 Å². The van der Waals surface area contributed by atoms with Crippen molar-refractivity contribution in [3.05, 3.63) is 101 Å². The molecule has 2 N–H and O–H groups in total. The number of methoxy groups -OCH3 is 1. The number of anilines is 2. The Morgan fingerprint density at radius 2 is 1.60 bits per heavy atom.